The van der Waals surface area contributed by atoms with Crippen LogP contribution in [0.5, 0.6) is 0 Å². The average molecular weight is 342 g/mol. The highest BCUT2D eigenvalue weighted by Crippen LogP contribution is 2.36. The van der Waals surface area contributed by atoms with Gasteiger partial charge in [0.15, 0.2) is 0 Å². The molecular weight excluding hydrogens is 322 g/mol. The van der Waals surface area contributed by atoms with Gasteiger partial charge in [0.1, 0.15) is 0 Å². The third-order valence-electron chi connectivity index (χ3n) is 3.74. The van der Waals surface area contributed by atoms with Crippen LogP contribution in [0, 0.1) is 0 Å². The number of carbonyl (C=O) groups excluding carboxylic acids is 2. The number of hydrogen-bond donors (Lipinski definition) is 3. The van der Waals surface area contributed by atoms with Crippen molar-refractivity contribution in [2.75, 3.05) is 18.4 Å². The average Bonchev–Trinajstić information content (AvgIpc) is 2.49. The maximum atomic E-state index is 12.1. The summed E-state index contributed by atoms with van der Waals surface area (Å²) < 4.78 is 0. The Morgan fingerprint density at radius 3 is 2.95 bits per heavy atom. The number of para-hydroxylation sites is 1. The molecule has 0 spiro atoms. The van der Waals surface area contributed by atoms with E-state index in [1.165, 1.54) is 11.8 Å². The molecule has 2 aliphatic rings. The highest BCUT2D eigenvalue weighted by molar-refractivity contribution is 8.01. The first-order valence-electron chi connectivity index (χ1n) is 7.29. The predicted molar refractivity (Wildman–Crippen MR) is 90.6 cm³/mol. The molecule has 1 unspecified atom stereocenters. The second kappa shape index (κ2) is 7.85. The van der Waals surface area contributed by atoms with Crippen molar-refractivity contribution in [1.29, 1.82) is 0 Å². The molecule has 0 saturated carbocycles. The van der Waals surface area contributed by atoms with Crippen molar-refractivity contribution in [1.82, 2.24) is 10.6 Å². The molecule has 22 heavy (non-hydrogen) atoms. The molecule has 2 heterocycles. The van der Waals surface area contributed by atoms with E-state index in [1.807, 2.05) is 24.3 Å². The van der Waals surface area contributed by atoms with Crippen molar-refractivity contribution in [3.8, 4) is 0 Å². The third kappa shape index (κ3) is 4.15. The van der Waals surface area contributed by atoms with Crippen LogP contribution in [0.4, 0.5) is 5.69 Å². The van der Waals surface area contributed by atoms with Gasteiger partial charge in [0.25, 0.3) is 0 Å². The van der Waals surface area contributed by atoms with E-state index in [1.54, 1.807) is 0 Å². The first-order valence-corrected chi connectivity index (χ1v) is 8.17. The van der Waals surface area contributed by atoms with Gasteiger partial charge in [-0.15, -0.1) is 24.2 Å². The Hall–Kier alpha value is -1.24. The van der Waals surface area contributed by atoms with Crippen LogP contribution in [0.3, 0.4) is 0 Å². The van der Waals surface area contributed by atoms with Crippen molar-refractivity contribution in [3.05, 3.63) is 24.3 Å². The number of fused-ring (bicyclic) bond motifs is 1. The standard InChI is InChI=1S/C15H19N3O2S.ClH/c19-14(17-10-4-3-7-16-9-10)8-13-15(20)18-11-5-1-2-6-12(11)21-13;/h1-2,5-6,10,13,16H,3-4,7-9H2,(H,17,19)(H,18,20);1H/t10-,13?;/m0./s1. The first kappa shape index (κ1) is 17.1. The molecule has 1 aromatic carbocycles. The smallest absolute Gasteiger partial charge is 0.238 e. The lowest BCUT2D eigenvalue weighted by Gasteiger charge is -2.26. The number of rotatable bonds is 3. The fourth-order valence-electron chi connectivity index (χ4n) is 2.66. The molecule has 0 aliphatic carbocycles. The summed E-state index contributed by atoms with van der Waals surface area (Å²) in [5.41, 5.74) is 0.834. The van der Waals surface area contributed by atoms with E-state index in [-0.39, 0.29) is 41.9 Å². The molecule has 1 aromatic rings. The van der Waals surface area contributed by atoms with Gasteiger partial charge < -0.3 is 16.0 Å². The Morgan fingerprint density at radius 2 is 2.18 bits per heavy atom. The molecule has 2 amide bonds. The number of benzene rings is 1. The molecule has 3 rings (SSSR count). The molecule has 2 aliphatic heterocycles. The minimum atomic E-state index is -0.351. The van der Waals surface area contributed by atoms with Gasteiger partial charge in [-0.05, 0) is 31.5 Å². The van der Waals surface area contributed by atoms with E-state index in [2.05, 4.69) is 16.0 Å². The summed E-state index contributed by atoms with van der Waals surface area (Å²) in [4.78, 5) is 25.2. The first-order chi connectivity index (χ1) is 10.2. The number of thioether (sulfide) groups is 1. The van der Waals surface area contributed by atoms with Gasteiger partial charge >= 0.3 is 0 Å². The largest absolute Gasteiger partial charge is 0.352 e. The zero-order chi connectivity index (χ0) is 14.7. The molecule has 0 aromatic heterocycles. The minimum absolute atomic E-state index is 0. The summed E-state index contributed by atoms with van der Waals surface area (Å²) in [6.45, 7) is 1.84. The van der Waals surface area contributed by atoms with Gasteiger partial charge in [-0.3, -0.25) is 9.59 Å². The summed E-state index contributed by atoms with van der Waals surface area (Å²) in [7, 11) is 0. The summed E-state index contributed by atoms with van der Waals surface area (Å²) in [6, 6.07) is 7.87. The van der Waals surface area contributed by atoms with E-state index in [9.17, 15) is 9.59 Å². The normalized spacial score (nSPS) is 23.7. The van der Waals surface area contributed by atoms with Gasteiger partial charge in [-0.25, -0.2) is 0 Å². The molecule has 1 fully saturated rings. The topological polar surface area (TPSA) is 70.2 Å². The zero-order valence-electron chi connectivity index (χ0n) is 12.1. The van der Waals surface area contributed by atoms with E-state index in [4.69, 9.17) is 0 Å². The van der Waals surface area contributed by atoms with Crippen molar-refractivity contribution >= 4 is 41.7 Å². The highest BCUT2D eigenvalue weighted by Gasteiger charge is 2.29. The van der Waals surface area contributed by atoms with Crippen molar-refractivity contribution in [2.24, 2.45) is 0 Å². The van der Waals surface area contributed by atoms with E-state index in [0.717, 1.165) is 36.5 Å². The Balaban J connectivity index is 0.00000176. The molecule has 5 nitrogen and oxygen atoms in total. The molecule has 0 bridgehead atoms. The monoisotopic (exact) mass is 341 g/mol. The molecule has 1 saturated heterocycles. The maximum Gasteiger partial charge on any atom is 0.238 e. The SMILES string of the molecule is Cl.O=C(CC1Sc2ccccc2NC1=O)N[C@H]1CCCNC1. The van der Waals surface area contributed by atoms with Crippen LogP contribution in [-0.4, -0.2) is 36.2 Å². The highest BCUT2D eigenvalue weighted by atomic mass is 35.5. The molecule has 120 valence electrons. The fraction of sp³-hybridized carbons (Fsp3) is 0.467. The molecular formula is C15H20ClN3O2S. The van der Waals surface area contributed by atoms with Crippen LogP contribution in [0.15, 0.2) is 29.2 Å². The maximum absolute atomic E-state index is 12.1. The second-order valence-electron chi connectivity index (χ2n) is 5.41. The lowest BCUT2D eigenvalue weighted by Crippen LogP contribution is -2.46. The Morgan fingerprint density at radius 1 is 1.36 bits per heavy atom. The lowest BCUT2D eigenvalue weighted by atomic mass is 10.1. The summed E-state index contributed by atoms with van der Waals surface area (Å²) >= 11 is 1.47. The van der Waals surface area contributed by atoms with E-state index >= 15 is 0 Å². The number of nitrogens with one attached hydrogen (secondary N) is 3. The molecule has 7 heteroatoms. The minimum Gasteiger partial charge on any atom is -0.352 e. The summed E-state index contributed by atoms with van der Waals surface area (Å²) in [5, 5.41) is 8.80. The van der Waals surface area contributed by atoms with Gasteiger partial charge in [-0.1, -0.05) is 12.1 Å². The number of halogens is 1. The van der Waals surface area contributed by atoms with Gasteiger partial charge in [0, 0.05) is 23.9 Å². The number of anilines is 1. The van der Waals surface area contributed by atoms with Crippen LogP contribution in [0.1, 0.15) is 19.3 Å². The molecule has 0 radical (unpaired) electrons. The van der Waals surface area contributed by atoms with Crippen molar-refractivity contribution < 1.29 is 9.59 Å². The fourth-order valence-corrected chi connectivity index (χ4v) is 3.77. The lowest BCUT2D eigenvalue weighted by molar-refractivity contribution is -0.124. The number of piperidine rings is 1. The summed E-state index contributed by atoms with van der Waals surface area (Å²) in [5.74, 6) is -0.133. The Bertz CT molecular complexity index is 549. The van der Waals surface area contributed by atoms with Crippen molar-refractivity contribution in [3.63, 3.8) is 0 Å². The van der Waals surface area contributed by atoms with E-state index < -0.39 is 0 Å². The summed E-state index contributed by atoms with van der Waals surface area (Å²) in [6.07, 6.45) is 2.31. The van der Waals surface area contributed by atoms with Gasteiger partial charge in [0.05, 0.1) is 10.9 Å². The van der Waals surface area contributed by atoms with Crippen LogP contribution in [-0.2, 0) is 9.59 Å². The molecule has 3 N–H and O–H groups in total. The Labute approximate surface area is 140 Å². The van der Waals surface area contributed by atoms with E-state index in [0.29, 0.717) is 0 Å². The van der Waals surface area contributed by atoms with Gasteiger partial charge in [-0.2, -0.15) is 0 Å². The number of amides is 2. The third-order valence-corrected chi connectivity index (χ3v) is 5.01. The second-order valence-corrected chi connectivity index (χ2v) is 6.65. The predicted octanol–water partition coefficient (Wildman–Crippen LogP) is 1.78. The van der Waals surface area contributed by atoms with Crippen LogP contribution < -0.4 is 16.0 Å². The van der Waals surface area contributed by atoms with Crippen LogP contribution in [0.25, 0.3) is 0 Å². The number of hydrogen-bond acceptors (Lipinski definition) is 4. The molecule has 2 atom stereocenters. The number of carbonyl (C=O) groups is 2. The van der Waals surface area contributed by atoms with Crippen LogP contribution in [0.2, 0.25) is 0 Å². The Kier molecular flexibility index (Phi) is 6.11. The zero-order valence-corrected chi connectivity index (χ0v) is 13.8. The quantitative estimate of drug-likeness (QED) is 0.783. The van der Waals surface area contributed by atoms with Crippen molar-refractivity contribution in [2.45, 2.75) is 35.4 Å². The van der Waals surface area contributed by atoms with Gasteiger partial charge in [0.2, 0.25) is 11.8 Å². The van der Waals surface area contributed by atoms with Crippen LogP contribution >= 0.6 is 24.2 Å².